The zero-order valence-electron chi connectivity index (χ0n) is 26.1. The molecule has 0 aliphatic carbocycles. The molecule has 0 radical (unpaired) electrons. The predicted octanol–water partition coefficient (Wildman–Crippen LogP) is 5.22. The largest absolute Gasteiger partial charge is 0.444 e. The summed E-state index contributed by atoms with van der Waals surface area (Å²) in [4.78, 5) is 42.2. The second-order valence-corrected chi connectivity index (χ2v) is 11.3. The van der Waals surface area contributed by atoms with Crippen molar-refractivity contribution in [3.05, 3.63) is 118 Å². The molecule has 1 fully saturated rings. The van der Waals surface area contributed by atoms with Gasteiger partial charge in [0.1, 0.15) is 20.0 Å². The molecule has 5 aromatic rings. The van der Waals surface area contributed by atoms with Crippen molar-refractivity contribution in [3.8, 4) is 5.69 Å². The molecule has 10 heteroatoms. The lowest BCUT2D eigenvalue weighted by Crippen LogP contribution is -2.44. The van der Waals surface area contributed by atoms with Crippen LogP contribution in [0.1, 0.15) is 18.1 Å². The number of anilines is 3. The Morgan fingerprint density at radius 3 is 2.53 bits per heavy atom. The van der Waals surface area contributed by atoms with Crippen molar-refractivity contribution < 1.29 is 15.6 Å². The van der Waals surface area contributed by atoms with E-state index in [4.69, 9.17) is 10.8 Å². The van der Waals surface area contributed by atoms with E-state index in [-0.39, 0.29) is 18.5 Å². The van der Waals surface area contributed by atoms with Gasteiger partial charge in [-0.3, -0.25) is 19.2 Å². The summed E-state index contributed by atoms with van der Waals surface area (Å²) in [6, 6.07) is 25.0. The Labute approximate surface area is 262 Å². The Balaban J connectivity index is 1.25. The third-order valence-corrected chi connectivity index (χ3v) is 8.35. The molecule has 45 heavy (non-hydrogen) atoms. The number of aromatic nitrogens is 3. The van der Waals surface area contributed by atoms with Crippen LogP contribution in [-0.4, -0.2) is 64.9 Å². The van der Waals surface area contributed by atoms with Gasteiger partial charge in [-0.25, -0.2) is 14.8 Å². The number of hydrogen-bond donors (Lipinski definition) is 0. The highest BCUT2D eigenvalue weighted by Gasteiger charge is 2.32. The van der Waals surface area contributed by atoms with Gasteiger partial charge < -0.3 is 14.4 Å². The monoisotopic (exact) mass is 603 g/mol. The van der Waals surface area contributed by atoms with Crippen LogP contribution in [-0.2, 0) is 22.6 Å². The summed E-state index contributed by atoms with van der Waals surface area (Å²) in [7, 11) is 0. The van der Waals surface area contributed by atoms with Crippen LogP contribution in [0.5, 0.6) is 0 Å². The van der Waals surface area contributed by atoms with Gasteiger partial charge in [-0.05, 0) is 47.9 Å². The zero-order valence-corrected chi connectivity index (χ0v) is 25.1. The minimum absolute atomic E-state index is 0.166. The van der Waals surface area contributed by atoms with E-state index in [1.165, 1.54) is 0 Å². The van der Waals surface area contributed by atoms with E-state index in [0.717, 1.165) is 55.2 Å². The standard InChI is InChI=1S/C35H34N6O4/c1-25-6-5-9-30-32(25)40(35(43)45-23-27-7-3-2-4-8-27)15-14-39(30)31-20-28-21-36-24-37-33(28)41(34(31)42)29-12-10-26(11-13-29)22-38-16-18-44-19-17-38/h2-13,20-21,24H,14-19,22-23H2,1H3/i24D. The van der Waals surface area contributed by atoms with Crippen molar-refractivity contribution in [2.75, 3.05) is 49.2 Å². The molecule has 2 aromatic heterocycles. The van der Waals surface area contributed by atoms with E-state index in [1.807, 2.05) is 84.6 Å². The minimum atomic E-state index is -0.441. The number of fused-ring (bicyclic) bond motifs is 2. The maximum Gasteiger partial charge on any atom is 0.414 e. The fourth-order valence-corrected chi connectivity index (χ4v) is 6.07. The lowest BCUT2D eigenvalue weighted by molar-refractivity contribution is 0.0342. The van der Waals surface area contributed by atoms with Crippen molar-refractivity contribution in [1.82, 2.24) is 19.4 Å². The summed E-state index contributed by atoms with van der Waals surface area (Å²) in [6.45, 7) is 6.83. The van der Waals surface area contributed by atoms with E-state index in [1.54, 1.807) is 21.7 Å². The SMILES string of the molecule is [2H]c1ncc2cc(N3CCN(C(=O)OCc4ccccc4)c4c(C)cccc43)c(=O)n(-c3ccc(CN4CCOCC4)cc3)c2n1. The van der Waals surface area contributed by atoms with Crippen LogP contribution in [0, 0.1) is 6.92 Å². The molecule has 10 nitrogen and oxygen atoms in total. The van der Waals surface area contributed by atoms with E-state index in [2.05, 4.69) is 14.9 Å². The lowest BCUT2D eigenvalue weighted by Gasteiger charge is -2.38. The summed E-state index contributed by atoms with van der Waals surface area (Å²) >= 11 is 0. The van der Waals surface area contributed by atoms with Gasteiger partial charge in [0.2, 0.25) is 0 Å². The maximum atomic E-state index is 14.4. The molecular weight excluding hydrogens is 568 g/mol. The first kappa shape index (κ1) is 27.5. The number of pyridine rings is 1. The van der Waals surface area contributed by atoms with Crippen LogP contribution in [0.3, 0.4) is 0 Å². The van der Waals surface area contributed by atoms with Crippen molar-refractivity contribution in [2.45, 2.75) is 20.1 Å². The average molecular weight is 604 g/mol. The van der Waals surface area contributed by atoms with E-state index >= 15 is 0 Å². The molecule has 0 N–H and O–H groups in total. The number of carbonyl (C=O) groups is 1. The quantitative estimate of drug-likeness (QED) is 0.261. The molecule has 0 bridgehead atoms. The van der Waals surface area contributed by atoms with Gasteiger partial charge >= 0.3 is 6.09 Å². The fourth-order valence-electron chi connectivity index (χ4n) is 6.07. The molecule has 7 rings (SSSR count). The Hall–Kier alpha value is -5.06. The highest BCUT2D eigenvalue weighted by Crippen LogP contribution is 2.40. The van der Waals surface area contributed by atoms with Gasteiger partial charge in [0.15, 0.2) is 5.65 Å². The molecule has 228 valence electrons. The number of benzene rings is 3. The predicted molar refractivity (Wildman–Crippen MR) is 173 cm³/mol. The van der Waals surface area contributed by atoms with Gasteiger partial charge in [0.05, 0.1) is 30.3 Å². The molecule has 0 unspecified atom stereocenters. The first-order valence-electron chi connectivity index (χ1n) is 15.6. The normalized spacial score (nSPS) is 15.5. The number of carbonyl (C=O) groups excluding carboxylic acids is 1. The van der Waals surface area contributed by atoms with Gasteiger partial charge in [-0.15, -0.1) is 0 Å². The molecular formula is C35H34N6O4. The lowest BCUT2D eigenvalue weighted by atomic mass is 10.1. The Morgan fingerprint density at radius 2 is 1.73 bits per heavy atom. The molecule has 2 aliphatic heterocycles. The first-order valence-corrected chi connectivity index (χ1v) is 15.1. The summed E-state index contributed by atoms with van der Waals surface area (Å²) in [6.07, 6.45) is 0.968. The summed E-state index contributed by atoms with van der Waals surface area (Å²) in [5, 5.41) is 0.627. The Bertz CT molecular complexity index is 1940. The van der Waals surface area contributed by atoms with E-state index in [9.17, 15) is 9.59 Å². The topological polar surface area (TPSA) is 93.0 Å². The van der Waals surface area contributed by atoms with Crippen molar-refractivity contribution in [1.29, 1.82) is 0 Å². The molecule has 2 aliphatic rings. The van der Waals surface area contributed by atoms with Gasteiger partial charge in [-0.1, -0.05) is 54.6 Å². The van der Waals surface area contributed by atoms with Crippen molar-refractivity contribution >= 4 is 34.2 Å². The molecule has 4 heterocycles. The zero-order chi connectivity index (χ0) is 31.6. The van der Waals surface area contributed by atoms with E-state index in [0.29, 0.717) is 41.2 Å². The number of aryl methyl sites for hydroxylation is 1. The number of rotatable bonds is 6. The van der Waals surface area contributed by atoms with E-state index < -0.39 is 6.09 Å². The van der Waals surface area contributed by atoms with Crippen LogP contribution < -0.4 is 15.4 Å². The highest BCUT2D eigenvalue weighted by atomic mass is 16.6. The first-order chi connectivity index (χ1) is 22.5. The second-order valence-electron chi connectivity index (χ2n) is 11.3. The maximum absolute atomic E-state index is 14.4. The fraction of sp³-hybridized carbons (Fsp3) is 0.257. The molecule has 1 amide bonds. The van der Waals surface area contributed by atoms with Gasteiger partial charge in [0, 0.05) is 44.3 Å². The number of para-hydroxylation sites is 1. The number of morpholine rings is 1. The van der Waals surface area contributed by atoms with Crippen LogP contribution in [0.4, 0.5) is 21.9 Å². The third kappa shape index (κ3) is 5.77. The van der Waals surface area contributed by atoms with Crippen LogP contribution in [0.25, 0.3) is 16.7 Å². The highest BCUT2D eigenvalue weighted by molar-refractivity contribution is 5.97. The van der Waals surface area contributed by atoms with Gasteiger partial charge in [-0.2, -0.15) is 0 Å². The summed E-state index contributed by atoms with van der Waals surface area (Å²) < 4.78 is 20.8. The number of nitrogens with zero attached hydrogens (tertiary/aromatic N) is 6. The van der Waals surface area contributed by atoms with Gasteiger partial charge in [0.25, 0.3) is 5.56 Å². The molecule has 0 atom stereocenters. The molecule has 0 saturated carbocycles. The average Bonchev–Trinajstić information content (AvgIpc) is 3.08. The van der Waals surface area contributed by atoms with Crippen molar-refractivity contribution in [3.63, 3.8) is 0 Å². The smallest absolute Gasteiger partial charge is 0.414 e. The summed E-state index contributed by atoms with van der Waals surface area (Å²) in [5.41, 5.74) is 5.51. The number of amides is 1. The second kappa shape index (κ2) is 12.5. The number of ether oxygens (including phenoxy) is 2. The Morgan fingerprint density at radius 1 is 0.933 bits per heavy atom. The number of hydrogen-bond acceptors (Lipinski definition) is 8. The minimum Gasteiger partial charge on any atom is -0.444 e. The third-order valence-electron chi connectivity index (χ3n) is 8.35. The molecule has 0 spiro atoms. The van der Waals surface area contributed by atoms with Crippen LogP contribution in [0.2, 0.25) is 0 Å². The van der Waals surface area contributed by atoms with Crippen LogP contribution in [0.15, 0.2) is 96.2 Å². The molecule has 3 aromatic carbocycles. The van der Waals surface area contributed by atoms with Crippen molar-refractivity contribution in [2.24, 2.45) is 0 Å². The van der Waals surface area contributed by atoms with Crippen LogP contribution >= 0.6 is 0 Å². The Kier molecular flexibility index (Phi) is 7.64. The molecule has 1 saturated heterocycles. The summed E-state index contributed by atoms with van der Waals surface area (Å²) in [5.74, 6) is 0.